The number of nitrogens with zero attached hydrogens (tertiary/aromatic N) is 2. The predicted molar refractivity (Wildman–Crippen MR) is 149 cm³/mol. The van der Waals surface area contributed by atoms with Crippen LogP contribution in [0.4, 0.5) is 0 Å². The van der Waals surface area contributed by atoms with E-state index in [1.54, 1.807) is 29.8 Å². The molecule has 2 atom stereocenters. The molecule has 2 unspecified atom stereocenters. The van der Waals surface area contributed by atoms with Crippen LogP contribution < -0.4 is 5.32 Å². The average molecular weight is 554 g/mol. The summed E-state index contributed by atoms with van der Waals surface area (Å²) in [6, 6.07) is 19.3. The monoisotopic (exact) mass is 553 g/mol. The highest BCUT2D eigenvalue weighted by molar-refractivity contribution is 7.89. The Morgan fingerprint density at radius 1 is 1.03 bits per heavy atom. The van der Waals surface area contributed by atoms with Gasteiger partial charge in [0.25, 0.3) is 5.91 Å². The van der Waals surface area contributed by atoms with Crippen LogP contribution in [0.25, 0.3) is 10.2 Å². The zero-order valence-electron chi connectivity index (χ0n) is 21.2. The molecular formula is C28H31N3O5S2. The molecule has 3 N–H and O–H groups in total. The number of aromatic nitrogens is 1. The van der Waals surface area contributed by atoms with E-state index in [9.17, 15) is 23.4 Å². The Kier molecular flexibility index (Phi) is 8.78. The van der Waals surface area contributed by atoms with Gasteiger partial charge in [0, 0.05) is 18.7 Å². The van der Waals surface area contributed by atoms with E-state index in [-0.39, 0.29) is 41.6 Å². The van der Waals surface area contributed by atoms with E-state index < -0.39 is 28.1 Å². The maximum Gasteiger partial charge on any atom is 0.251 e. The van der Waals surface area contributed by atoms with Crippen LogP contribution in [-0.2, 0) is 16.4 Å². The van der Waals surface area contributed by atoms with E-state index in [0.29, 0.717) is 0 Å². The number of nitrogens with one attached hydrogen (secondary N) is 1. The summed E-state index contributed by atoms with van der Waals surface area (Å²) in [6.45, 7) is 3.80. The molecule has 1 amide bonds. The van der Waals surface area contributed by atoms with E-state index in [1.165, 1.54) is 33.8 Å². The van der Waals surface area contributed by atoms with Gasteiger partial charge in [-0.25, -0.2) is 13.4 Å². The summed E-state index contributed by atoms with van der Waals surface area (Å²) in [5.41, 5.74) is 3.50. The van der Waals surface area contributed by atoms with E-state index in [2.05, 4.69) is 10.3 Å². The molecule has 200 valence electrons. The van der Waals surface area contributed by atoms with Gasteiger partial charge in [-0.2, -0.15) is 4.31 Å². The number of carbonyl (C=O) groups is 1. The molecule has 0 saturated heterocycles. The number of amides is 1. The van der Waals surface area contributed by atoms with E-state index in [0.717, 1.165) is 15.8 Å². The Balaban J connectivity index is 1.61. The van der Waals surface area contributed by atoms with Crippen molar-refractivity contribution in [3.05, 3.63) is 89.4 Å². The standard InChI is InChI=1S/C28H31N3O5S2/c1-19(2)16-31(38(35,36)23-11-12-24-27(15-23)37-18-29-24)17-26(33)25(13-20-7-4-3-5-8-20)30-28(34)21-9-6-10-22(32)14-21/h3-12,14-15,18-19,25-26,32-33H,13,16-17H2,1-2H3,(H,30,34). The Morgan fingerprint density at radius 2 is 1.79 bits per heavy atom. The Hall–Kier alpha value is -3.31. The molecule has 8 nitrogen and oxygen atoms in total. The minimum absolute atomic E-state index is 0.00132. The summed E-state index contributed by atoms with van der Waals surface area (Å²) in [4.78, 5) is 17.4. The van der Waals surface area contributed by atoms with Crippen molar-refractivity contribution in [3.8, 4) is 5.75 Å². The molecule has 0 fully saturated rings. The number of hydrogen-bond donors (Lipinski definition) is 3. The maximum absolute atomic E-state index is 13.7. The van der Waals surface area contributed by atoms with Crippen molar-refractivity contribution in [2.24, 2.45) is 5.92 Å². The van der Waals surface area contributed by atoms with Gasteiger partial charge in [0.2, 0.25) is 10.0 Å². The Morgan fingerprint density at radius 3 is 2.50 bits per heavy atom. The highest BCUT2D eigenvalue weighted by Gasteiger charge is 2.31. The molecule has 3 aromatic carbocycles. The highest BCUT2D eigenvalue weighted by Crippen LogP contribution is 2.25. The molecule has 1 aromatic heterocycles. The molecule has 0 radical (unpaired) electrons. The van der Waals surface area contributed by atoms with Crippen LogP contribution in [0, 0.1) is 5.92 Å². The Labute approximate surface area is 226 Å². The topological polar surface area (TPSA) is 120 Å². The average Bonchev–Trinajstić information content (AvgIpc) is 3.36. The molecule has 4 aromatic rings. The minimum Gasteiger partial charge on any atom is -0.508 e. The fraction of sp³-hybridized carbons (Fsp3) is 0.286. The van der Waals surface area contributed by atoms with Gasteiger partial charge >= 0.3 is 0 Å². The lowest BCUT2D eigenvalue weighted by molar-refractivity contribution is 0.0775. The molecular weight excluding hydrogens is 522 g/mol. The van der Waals surface area contributed by atoms with Gasteiger partial charge < -0.3 is 15.5 Å². The van der Waals surface area contributed by atoms with Crippen molar-refractivity contribution in [3.63, 3.8) is 0 Å². The summed E-state index contributed by atoms with van der Waals surface area (Å²) in [7, 11) is -3.95. The van der Waals surface area contributed by atoms with Gasteiger partial charge in [-0.15, -0.1) is 11.3 Å². The molecule has 0 aliphatic heterocycles. The number of aromatic hydroxyl groups is 1. The molecule has 38 heavy (non-hydrogen) atoms. The zero-order chi connectivity index (χ0) is 27.3. The number of hydrogen-bond acceptors (Lipinski definition) is 7. The molecule has 4 rings (SSSR count). The fourth-order valence-electron chi connectivity index (χ4n) is 4.21. The summed E-state index contributed by atoms with van der Waals surface area (Å²) < 4.78 is 29.5. The second-order valence-corrected chi connectivity index (χ2v) is 12.4. The van der Waals surface area contributed by atoms with E-state index >= 15 is 0 Å². The fourth-order valence-corrected chi connectivity index (χ4v) is 6.65. The second kappa shape index (κ2) is 12.0. The third kappa shape index (κ3) is 6.76. The lowest BCUT2D eigenvalue weighted by Gasteiger charge is -2.30. The molecule has 0 spiro atoms. The summed E-state index contributed by atoms with van der Waals surface area (Å²) >= 11 is 1.36. The van der Waals surface area contributed by atoms with Gasteiger partial charge in [-0.05, 0) is 54.3 Å². The van der Waals surface area contributed by atoms with Gasteiger partial charge in [0.1, 0.15) is 5.75 Å². The normalized spacial score (nSPS) is 13.6. The van der Waals surface area contributed by atoms with Gasteiger partial charge in [0.15, 0.2) is 0 Å². The largest absolute Gasteiger partial charge is 0.508 e. The summed E-state index contributed by atoms with van der Waals surface area (Å²) in [6.07, 6.45) is -0.924. The van der Waals surface area contributed by atoms with Crippen molar-refractivity contribution < 1.29 is 23.4 Å². The van der Waals surface area contributed by atoms with Crippen molar-refractivity contribution in [1.82, 2.24) is 14.6 Å². The van der Waals surface area contributed by atoms with Crippen molar-refractivity contribution >= 4 is 37.5 Å². The number of carbonyl (C=O) groups excluding carboxylic acids is 1. The number of phenols is 1. The quantitative estimate of drug-likeness (QED) is 0.258. The summed E-state index contributed by atoms with van der Waals surface area (Å²) in [5, 5.41) is 24.0. The maximum atomic E-state index is 13.7. The lowest BCUT2D eigenvalue weighted by Crippen LogP contribution is -2.51. The van der Waals surface area contributed by atoms with Crippen LogP contribution in [0.1, 0.15) is 29.8 Å². The first kappa shape index (κ1) is 27.7. The van der Waals surface area contributed by atoms with Crippen LogP contribution in [0.3, 0.4) is 0 Å². The molecule has 1 heterocycles. The Bertz CT molecular complexity index is 1490. The number of benzene rings is 3. The molecule has 0 aliphatic carbocycles. The van der Waals surface area contributed by atoms with Crippen molar-refractivity contribution in [1.29, 1.82) is 0 Å². The van der Waals surface area contributed by atoms with Gasteiger partial charge in [-0.1, -0.05) is 50.2 Å². The van der Waals surface area contributed by atoms with Crippen molar-refractivity contribution in [2.75, 3.05) is 13.1 Å². The van der Waals surface area contributed by atoms with E-state index in [4.69, 9.17) is 0 Å². The predicted octanol–water partition coefficient (Wildman–Crippen LogP) is 4.05. The number of fused-ring (bicyclic) bond motifs is 1. The first-order valence-electron chi connectivity index (χ1n) is 12.3. The number of aliphatic hydroxyl groups excluding tert-OH is 1. The third-order valence-corrected chi connectivity index (χ3v) is 8.71. The number of aliphatic hydroxyl groups is 1. The summed E-state index contributed by atoms with van der Waals surface area (Å²) in [5.74, 6) is -0.529. The van der Waals surface area contributed by atoms with Crippen LogP contribution in [0.5, 0.6) is 5.75 Å². The zero-order valence-corrected chi connectivity index (χ0v) is 22.8. The molecule has 0 aliphatic rings. The first-order valence-corrected chi connectivity index (χ1v) is 14.6. The van der Waals surface area contributed by atoms with Crippen LogP contribution in [0.2, 0.25) is 0 Å². The molecule has 0 bridgehead atoms. The third-order valence-electron chi connectivity index (χ3n) is 6.09. The van der Waals surface area contributed by atoms with Gasteiger partial charge in [0.05, 0.1) is 32.8 Å². The van der Waals surface area contributed by atoms with Crippen LogP contribution in [0.15, 0.2) is 83.2 Å². The minimum atomic E-state index is -3.95. The smallest absolute Gasteiger partial charge is 0.251 e. The number of phenolic OH excluding ortho intramolecular Hbond substituents is 1. The van der Waals surface area contributed by atoms with Crippen LogP contribution >= 0.6 is 11.3 Å². The molecule has 0 saturated carbocycles. The highest BCUT2D eigenvalue weighted by atomic mass is 32.2. The number of sulfonamides is 1. The van der Waals surface area contributed by atoms with Crippen LogP contribution in [-0.4, -0.2) is 59.1 Å². The first-order chi connectivity index (χ1) is 18.1. The van der Waals surface area contributed by atoms with E-state index in [1.807, 2.05) is 44.2 Å². The second-order valence-electron chi connectivity index (χ2n) is 9.59. The molecule has 10 heteroatoms. The lowest BCUT2D eigenvalue weighted by atomic mass is 10.00. The number of rotatable bonds is 11. The SMILES string of the molecule is CC(C)CN(CC(O)C(Cc1ccccc1)NC(=O)c1cccc(O)c1)S(=O)(=O)c1ccc2ncsc2c1. The van der Waals surface area contributed by atoms with Gasteiger partial charge in [-0.3, -0.25) is 4.79 Å². The number of thiazole rings is 1. The van der Waals surface area contributed by atoms with Crippen molar-refractivity contribution in [2.45, 2.75) is 37.3 Å².